The minimum atomic E-state index is -0.192. The Morgan fingerprint density at radius 1 is 1.14 bits per heavy atom. The van der Waals surface area contributed by atoms with Crippen LogP contribution in [0.2, 0.25) is 0 Å². The SMILES string of the molecule is CCNC(=NCCc1c(C)nn(C)c1C)N1CCN(c2ccc(F)cc2)CC1.I. The van der Waals surface area contributed by atoms with Crippen molar-refractivity contribution >= 4 is 35.6 Å². The standard InChI is InChI=1S/C21H31FN6.HI/c1-5-23-21(24-11-10-20-16(2)25-26(4)17(20)3)28-14-12-27(13-15-28)19-8-6-18(22)7-9-19;/h6-9H,5,10-15H2,1-4H3,(H,23,24);1H. The minimum absolute atomic E-state index is 0. The molecule has 160 valence electrons. The van der Waals surface area contributed by atoms with Gasteiger partial charge in [-0.1, -0.05) is 0 Å². The monoisotopic (exact) mass is 514 g/mol. The zero-order valence-corrected chi connectivity index (χ0v) is 20.1. The fourth-order valence-electron chi connectivity index (χ4n) is 3.71. The summed E-state index contributed by atoms with van der Waals surface area (Å²) in [4.78, 5) is 9.47. The Hall–Kier alpha value is -1.84. The highest BCUT2D eigenvalue weighted by molar-refractivity contribution is 14.0. The normalized spacial score (nSPS) is 14.7. The first-order valence-electron chi connectivity index (χ1n) is 10.0. The predicted molar refractivity (Wildman–Crippen MR) is 128 cm³/mol. The van der Waals surface area contributed by atoms with Crippen LogP contribution in [0.1, 0.15) is 23.9 Å². The molecule has 3 rings (SSSR count). The highest BCUT2D eigenvalue weighted by Gasteiger charge is 2.20. The number of anilines is 1. The Bertz CT molecular complexity index is 809. The van der Waals surface area contributed by atoms with Crippen LogP contribution in [0.5, 0.6) is 0 Å². The second kappa shape index (κ2) is 10.8. The molecule has 0 aliphatic carbocycles. The third kappa shape index (κ3) is 5.83. The first-order chi connectivity index (χ1) is 13.5. The Morgan fingerprint density at radius 3 is 2.34 bits per heavy atom. The number of hydrogen-bond acceptors (Lipinski definition) is 3. The zero-order chi connectivity index (χ0) is 20.1. The quantitative estimate of drug-likeness (QED) is 0.379. The lowest BCUT2D eigenvalue weighted by Crippen LogP contribution is -2.52. The molecule has 29 heavy (non-hydrogen) atoms. The Labute approximate surface area is 190 Å². The van der Waals surface area contributed by atoms with Gasteiger partial charge in [-0.3, -0.25) is 9.67 Å². The third-order valence-electron chi connectivity index (χ3n) is 5.39. The van der Waals surface area contributed by atoms with E-state index in [9.17, 15) is 4.39 Å². The van der Waals surface area contributed by atoms with Crippen LogP contribution in [0.3, 0.4) is 0 Å². The van der Waals surface area contributed by atoms with E-state index in [1.54, 1.807) is 0 Å². The van der Waals surface area contributed by atoms with Crippen molar-refractivity contribution in [1.82, 2.24) is 20.0 Å². The van der Waals surface area contributed by atoms with Gasteiger partial charge in [-0.25, -0.2) is 4.39 Å². The number of nitrogens with one attached hydrogen (secondary N) is 1. The zero-order valence-electron chi connectivity index (χ0n) is 17.8. The van der Waals surface area contributed by atoms with Crippen molar-refractivity contribution < 1.29 is 4.39 Å². The second-order valence-corrected chi connectivity index (χ2v) is 7.21. The topological polar surface area (TPSA) is 48.7 Å². The van der Waals surface area contributed by atoms with Crippen LogP contribution in [0, 0.1) is 19.7 Å². The van der Waals surface area contributed by atoms with Crippen LogP contribution in [-0.2, 0) is 13.5 Å². The molecule has 8 heteroatoms. The van der Waals surface area contributed by atoms with Gasteiger partial charge in [-0.2, -0.15) is 5.10 Å². The van der Waals surface area contributed by atoms with Crippen LogP contribution >= 0.6 is 24.0 Å². The van der Waals surface area contributed by atoms with E-state index in [1.807, 2.05) is 23.9 Å². The number of benzene rings is 1. The van der Waals surface area contributed by atoms with E-state index in [4.69, 9.17) is 4.99 Å². The number of rotatable bonds is 5. The molecule has 1 aliphatic rings. The van der Waals surface area contributed by atoms with E-state index < -0.39 is 0 Å². The van der Waals surface area contributed by atoms with Gasteiger partial charge in [0.15, 0.2) is 5.96 Å². The summed E-state index contributed by atoms with van der Waals surface area (Å²) in [6, 6.07) is 6.75. The maximum absolute atomic E-state index is 13.1. The number of guanidine groups is 1. The van der Waals surface area contributed by atoms with Crippen molar-refractivity contribution in [3.8, 4) is 0 Å². The summed E-state index contributed by atoms with van der Waals surface area (Å²) in [6.07, 6.45) is 0.899. The molecule has 1 aliphatic heterocycles. The molecule has 0 unspecified atom stereocenters. The van der Waals surface area contributed by atoms with Gasteiger partial charge in [-0.15, -0.1) is 24.0 Å². The summed E-state index contributed by atoms with van der Waals surface area (Å²) < 4.78 is 15.1. The average Bonchev–Trinajstić information content (AvgIpc) is 2.94. The molecule has 0 bridgehead atoms. The molecule has 2 heterocycles. The van der Waals surface area contributed by atoms with Crippen molar-refractivity contribution in [3.63, 3.8) is 0 Å². The predicted octanol–water partition coefficient (Wildman–Crippen LogP) is 3.12. The second-order valence-electron chi connectivity index (χ2n) is 7.21. The first-order valence-corrected chi connectivity index (χ1v) is 10.0. The number of halogens is 2. The molecule has 0 radical (unpaired) electrons. The summed E-state index contributed by atoms with van der Waals surface area (Å²) in [5.41, 5.74) is 4.67. The molecule has 0 amide bonds. The number of nitrogens with zero attached hydrogens (tertiary/aromatic N) is 5. The number of aliphatic imine (C=N–C) groups is 1. The van der Waals surface area contributed by atoms with Crippen LogP contribution in [0.4, 0.5) is 10.1 Å². The third-order valence-corrected chi connectivity index (χ3v) is 5.39. The van der Waals surface area contributed by atoms with Gasteiger partial charge in [0.05, 0.1) is 5.69 Å². The average molecular weight is 514 g/mol. The minimum Gasteiger partial charge on any atom is -0.368 e. The molecular weight excluding hydrogens is 482 g/mol. The summed E-state index contributed by atoms with van der Waals surface area (Å²) in [5.74, 6) is 0.781. The molecular formula is C21H32FIN6. The number of aromatic nitrogens is 2. The number of hydrogen-bond donors (Lipinski definition) is 1. The molecule has 1 aromatic carbocycles. The number of aryl methyl sites for hydroxylation is 2. The number of piperazine rings is 1. The summed E-state index contributed by atoms with van der Waals surface area (Å²) >= 11 is 0. The van der Waals surface area contributed by atoms with Crippen LogP contribution in [-0.4, -0.2) is 59.9 Å². The summed E-state index contributed by atoms with van der Waals surface area (Å²) in [5, 5.41) is 7.91. The smallest absolute Gasteiger partial charge is 0.194 e. The molecule has 2 aromatic rings. The van der Waals surface area contributed by atoms with Gasteiger partial charge >= 0.3 is 0 Å². The van der Waals surface area contributed by atoms with Gasteiger partial charge in [0, 0.05) is 57.7 Å². The van der Waals surface area contributed by atoms with Crippen LogP contribution in [0.15, 0.2) is 29.3 Å². The van der Waals surface area contributed by atoms with E-state index in [-0.39, 0.29) is 29.8 Å². The summed E-state index contributed by atoms with van der Waals surface area (Å²) in [6.45, 7) is 11.5. The highest BCUT2D eigenvalue weighted by atomic mass is 127. The molecule has 0 atom stereocenters. The van der Waals surface area contributed by atoms with E-state index in [1.165, 1.54) is 23.4 Å². The van der Waals surface area contributed by atoms with Crippen molar-refractivity contribution in [2.24, 2.45) is 12.0 Å². The van der Waals surface area contributed by atoms with Gasteiger partial charge in [0.1, 0.15) is 5.82 Å². The lowest BCUT2D eigenvalue weighted by molar-refractivity contribution is 0.372. The molecule has 1 aromatic heterocycles. The van der Waals surface area contributed by atoms with Crippen LogP contribution in [0.25, 0.3) is 0 Å². The lowest BCUT2D eigenvalue weighted by Gasteiger charge is -2.37. The molecule has 0 spiro atoms. The van der Waals surface area contributed by atoms with E-state index >= 15 is 0 Å². The van der Waals surface area contributed by atoms with Crippen molar-refractivity contribution in [2.45, 2.75) is 27.2 Å². The maximum atomic E-state index is 13.1. The van der Waals surface area contributed by atoms with Gasteiger partial charge in [0.2, 0.25) is 0 Å². The van der Waals surface area contributed by atoms with E-state index in [2.05, 4.69) is 41.0 Å². The molecule has 1 N–H and O–H groups in total. The Balaban J connectivity index is 0.00000300. The van der Waals surface area contributed by atoms with E-state index in [0.717, 1.165) is 63.0 Å². The highest BCUT2D eigenvalue weighted by Crippen LogP contribution is 2.17. The summed E-state index contributed by atoms with van der Waals surface area (Å²) in [7, 11) is 1.99. The van der Waals surface area contributed by atoms with Gasteiger partial charge < -0.3 is 15.1 Å². The fraction of sp³-hybridized carbons (Fsp3) is 0.524. The van der Waals surface area contributed by atoms with Gasteiger partial charge in [-0.05, 0) is 57.0 Å². The Kier molecular flexibility index (Phi) is 8.73. The Morgan fingerprint density at radius 2 is 1.79 bits per heavy atom. The van der Waals surface area contributed by atoms with E-state index in [0.29, 0.717) is 0 Å². The molecule has 6 nitrogen and oxygen atoms in total. The molecule has 0 saturated carbocycles. The molecule has 1 saturated heterocycles. The van der Waals surface area contributed by atoms with Gasteiger partial charge in [0.25, 0.3) is 0 Å². The maximum Gasteiger partial charge on any atom is 0.194 e. The largest absolute Gasteiger partial charge is 0.368 e. The fourth-order valence-corrected chi connectivity index (χ4v) is 3.71. The van der Waals surface area contributed by atoms with Crippen molar-refractivity contribution in [1.29, 1.82) is 0 Å². The van der Waals surface area contributed by atoms with Crippen molar-refractivity contribution in [3.05, 3.63) is 47.0 Å². The van der Waals surface area contributed by atoms with Crippen molar-refractivity contribution in [2.75, 3.05) is 44.2 Å². The lowest BCUT2D eigenvalue weighted by atomic mass is 10.1. The first kappa shape index (κ1) is 23.4. The van der Waals surface area contributed by atoms with Crippen LogP contribution < -0.4 is 10.2 Å². The molecule has 1 fully saturated rings.